The molecule has 3 N–H and O–H groups in total. The van der Waals surface area contributed by atoms with E-state index in [0.29, 0.717) is 17.5 Å². The summed E-state index contributed by atoms with van der Waals surface area (Å²) in [4.78, 5) is 25.0. The lowest BCUT2D eigenvalue weighted by atomic mass is 9.73. The number of carbonyl (C=O) groups excluding carboxylic acids is 2. The number of benzene rings is 1. The van der Waals surface area contributed by atoms with Gasteiger partial charge in [-0.25, -0.2) is 4.79 Å². The fourth-order valence-corrected chi connectivity index (χ4v) is 4.48. The molecule has 0 saturated carbocycles. The second-order valence-corrected chi connectivity index (χ2v) is 8.90. The number of esters is 1. The molecule has 0 heterocycles. The SMILES string of the molecule is C=C(C)C1CCC(C)=CC1c1c(O)cc(CCCCC)c(C(=O)N[C@@H](C)C(=O)OC)c1O. The molecule has 0 aromatic heterocycles. The molecular formula is C26H37NO5. The third-order valence-electron chi connectivity index (χ3n) is 6.29. The summed E-state index contributed by atoms with van der Waals surface area (Å²) in [7, 11) is 1.26. The molecule has 1 amide bonds. The summed E-state index contributed by atoms with van der Waals surface area (Å²) in [6.07, 6.45) is 7.16. The number of ether oxygens (including phenoxy) is 1. The molecule has 2 rings (SSSR count). The fraction of sp³-hybridized carbons (Fsp3) is 0.538. The van der Waals surface area contributed by atoms with Gasteiger partial charge in [0.2, 0.25) is 0 Å². The van der Waals surface area contributed by atoms with Crippen molar-refractivity contribution in [3.8, 4) is 11.5 Å². The molecule has 6 nitrogen and oxygen atoms in total. The molecule has 0 bridgehead atoms. The molecule has 1 aliphatic rings. The molecule has 1 aliphatic carbocycles. The molecular weight excluding hydrogens is 406 g/mol. The van der Waals surface area contributed by atoms with Crippen molar-refractivity contribution in [1.29, 1.82) is 0 Å². The van der Waals surface area contributed by atoms with Crippen molar-refractivity contribution in [2.24, 2.45) is 5.92 Å². The van der Waals surface area contributed by atoms with E-state index < -0.39 is 17.9 Å². The highest BCUT2D eigenvalue weighted by molar-refractivity contribution is 6.01. The molecule has 1 aromatic rings. The minimum Gasteiger partial charge on any atom is -0.507 e. The molecule has 0 spiro atoms. The summed E-state index contributed by atoms with van der Waals surface area (Å²) in [6.45, 7) is 11.7. The van der Waals surface area contributed by atoms with Gasteiger partial charge < -0.3 is 20.3 Å². The first-order valence-corrected chi connectivity index (χ1v) is 11.4. The summed E-state index contributed by atoms with van der Waals surface area (Å²) in [5.74, 6) is -1.61. The second kappa shape index (κ2) is 11.2. The average Bonchev–Trinajstić information content (AvgIpc) is 2.72. The van der Waals surface area contributed by atoms with Crippen LogP contribution in [0.5, 0.6) is 11.5 Å². The monoisotopic (exact) mass is 443 g/mol. The molecule has 2 unspecified atom stereocenters. The number of aryl methyl sites for hydroxylation is 1. The van der Waals surface area contributed by atoms with Crippen LogP contribution in [-0.2, 0) is 16.0 Å². The molecule has 0 radical (unpaired) electrons. The number of unbranched alkanes of at least 4 members (excludes halogenated alkanes) is 2. The smallest absolute Gasteiger partial charge is 0.328 e. The van der Waals surface area contributed by atoms with Gasteiger partial charge >= 0.3 is 5.97 Å². The zero-order valence-electron chi connectivity index (χ0n) is 20.0. The third-order valence-corrected chi connectivity index (χ3v) is 6.29. The molecule has 0 fully saturated rings. The van der Waals surface area contributed by atoms with Gasteiger partial charge in [-0.15, -0.1) is 0 Å². The number of phenolic OH excluding ortho intramolecular Hbond substituents is 2. The minimum atomic E-state index is -0.868. The van der Waals surface area contributed by atoms with Crippen molar-refractivity contribution < 1.29 is 24.5 Å². The highest BCUT2D eigenvalue weighted by Gasteiger charge is 2.33. The summed E-state index contributed by atoms with van der Waals surface area (Å²) in [6, 6.07) is 0.725. The van der Waals surface area contributed by atoms with Gasteiger partial charge in [0.1, 0.15) is 17.5 Å². The van der Waals surface area contributed by atoms with E-state index in [0.717, 1.165) is 37.7 Å². The van der Waals surface area contributed by atoms with Crippen molar-refractivity contribution in [3.05, 3.63) is 46.6 Å². The van der Waals surface area contributed by atoms with Crippen LogP contribution in [-0.4, -0.2) is 35.2 Å². The Labute approximate surface area is 191 Å². The minimum absolute atomic E-state index is 0.0197. The Morgan fingerprint density at radius 1 is 1.31 bits per heavy atom. The van der Waals surface area contributed by atoms with Gasteiger partial charge in [0.15, 0.2) is 0 Å². The van der Waals surface area contributed by atoms with Crippen LogP contribution in [0.4, 0.5) is 0 Å². The topological polar surface area (TPSA) is 95.9 Å². The van der Waals surface area contributed by atoms with E-state index in [9.17, 15) is 19.8 Å². The Morgan fingerprint density at radius 2 is 2.00 bits per heavy atom. The van der Waals surface area contributed by atoms with Crippen molar-refractivity contribution in [2.45, 2.75) is 78.2 Å². The number of phenols is 2. The zero-order valence-corrected chi connectivity index (χ0v) is 20.0. The quantitative estimate of drug-likeness (QED) is 0.279. The highest BCUT2D eigenvalue weighted by atomic mass is 16.5. The van der Waals surface area contributed by atoms with Crippen LogP contribution < -0.4 is 5.32 Å². The van der Waals surface area contributed by atoms with Crippen LogP contribution in [0.1, 0.15) is 87.2 Å². The number of hydrogen-bond acceptors (Lipinski definition) is 5. The number of allylic oxidation sites excluding steroid dienone is 3. The maximum absolute atomic E-state index is 13.2. The maximum Gasteiger partial charge on any atom is 0.328 e. The van der Waals surface area contributed by atoms with Crippen LogP contribution in [0.25, 0.3) is 0 Å². The lowest BCUT2D eigenvalue weighted by molar-refractivity contribution is -0.142. The van der Waals surface area contributed by atoms with Gasteiger partial charge in [-0.1, -0.05) is 43.6 Å². The van der Waals surface area contributed by atoms with Crippen molar-refractivity contribution in [1.82, 2.24) is 5.32 Å². The maximum atomic E-state index is 13.2. The Morgan fingerprint density at radius 3 is 2.59 bits per heavy atom. The normalized spacial score (nSPS) is 19.1. The van der Waals surface area contributed by atoms with Crippen LogP contribution in [0.15, 0.2) is 29.9 Å². The Hall–Kier alpha value is -2.76. The number of carbonyl (C=O) groups is 2. The predicted molar refractivity (Wildman–Crippen MR) is 126 cm³/mol. The van der Waals surface area contributed by atoms with Crippen molar-refractivity contribution in [2.75, 3.05) is 7.11 Å². The van der Waals surface area contributed by atoms with E-state index in [1.807, 2.05) is 19.9 Å². The van der Waals surface area contributed by atoms with Gasteiger partial charge in [-0.2, -0.15) is 0 Å². The summed E-state index contributed by atoms with van der Waals surface area (Å²) >= 11 is 0. The van der Waals surface area contributed by atoms with Gasteiger partial charge in [-0.05, 0) is 64.0 Å². The van der Waals surface area contributed by atoms with E-state index in [2.05, 4.69) is 18.8 Å². The van der Waals surface area contributed by atoms with E-state index in [1.165, 1.54) is 19.6 Å². The molecule has 6 heteroatoms. The fourth-order valence-electron chi connectivity index (χ4n) is 4.48. The molecule has 176 valence electrons. The standard InChI is InChI=1S/C26H37NO5/c1-7-8-9-10-18-14-21(28)23(20-13-16(4)11-12-19(20)15(2)3)24(29)22(18)25(30)27-17(5)26(31)32-6/h13-14,17,19-20,28-29H,2,7-12H2,1,3-6H3,(H,27,30)/t17-,19?,20?/m0/s1. The number of hydrogen-bond donors (Lipinski definition) is 3. The highest BCUT2D eigenvalue weighted by Crippen LogP contribution is 2.48. The molecule has 0 aliphatic heterocycles. The van der Waals surface area contributed by atoms with E-state index in [4.69, 9.17) is 4.74 Å². The first-order valence-electron chi connectivity index (χ1n) is 11.4. The van der Waals surface area contributed by atoms with Gasteiger partial charge in [0.25, 0.3) is 5.91 Å². The summed E-state index contributed by atoms with van der Waals surface area (Å²) in [5.41, 5.74) is 3.16. The number of aromatic hydroxyl groups is 2. The lowest BCUT2D eigenvalue weighted by Crippen LogP contribution is -2.39. The van der Waals surface area contributed by atoms with Crippen LogP contribution >= 0.6 is 0 Å². The largest absolute Gasteiger partial charge is 0.507 e. The van der Waals surface area contributed by atoms with Crippen molar-refractivity contribution in [3.63, 3.8) is 0 Å². The van der Waals surface area contributed by atoms with E-state index >= 15 is 0 Å². The summed E-state index contributed by atoms with van der Waals surface area (Å²) < 4.78 is 4.71. The molecule has 1 aromatic carbocycles. The first kappa shape index (κ1) is 25.5. The second-order valence-electron chi connectivity index (χ2n) is 8.90. The average molecular weight is 444 g/mol. The number of amides is 1. The zero-order chi connectivity index (χ0) is 24.0. The van der Waals surface area contributed by atoms with Crippen LogP contribution in [0.3, 0.4) is 0 Å². The molecule has 3 atom stereocenters. The molecule has 32 heavy (non-hydrogen) atoms. The van der Waals surface area contributed by atoms with E-state index in [1.54, 1.807) is 6.07 Å². The third kappa shape index (κ3) is 5.72. The van der Waals surface area contributed by atoms with Gasteiger partial charge in [-0.3, -0.25) is 4.79 Å². The Balaban J connectivity index is 2.60. The van der Waals surface area contributed by atoms with E-state index in [-0.39, 0.29) is 28.9 Å². The van der Waals surface area contributed by atoms with Crippen molar-refractivity contribution >= 4 is 11.9 Å². The molecule has 0 saturated heterocycles. The Kier molecular flexibility index (Phi) is 8.93. The van der Waals surface area contributed by atoms with Gasteiger partial charge in [0, 0.05) is 11.5 Å². The summed E-state index contributed by atoms with van der Waals surface area (Å²) in [5, 5.41) is 24.9. The first-order chi connectivity index (χ1) is 15.1. The van der Waals surface area contributed by atoms with Crippen LogP contribution in [0.2, 0.25) is 0 Å². The number of nitrogens with one attached hydrogen (secondary N) is 1. The van der Waals surface area contributed by atoms with Crippen LogP contribution in [0, 0.1) is 5.92 Å². The Bertz CT molecular complexity index is 902. The predicted octanol–water partition coefficient (Wildman–Crippen LogP) is 5.14. The number of rotatable bonds is 9. The lowest BCUT2D eigenvalue weighted by Gasteiger charge is -2.32. The number of methoxy groups -OCH3 is 1. The van der Waals surface area contributed by atoms with Gasteiger partial charge in [0.05, 0.1) is 12.7 Å².